The third-order valence-corrected chi connectivity index (χ3v) is 3.91. The Bertz CT molecular complexity index is 769. The Kier molecular flexibility index (Phi) is 3.75. The van der Waals surface area contributed by atoms with E-state index in [4.69, 9.17) is 5.11 Å². The highest BCUT2D eigenvalue weighted by Crippen LogP contribution is 2.23. The van der Waals surface area contributed by atoms with Gasteiger partial charge in [0.25, 0.3) is 0 Å². The van der Waals surface area contributed by atoms with Gasteiger partial charge >= 0.3 is 5.97 Å². The van der Waals surface area contributed by atoms with Crippen molar-refractivity contribution in [2.45, 2.75) is 6.42 Å². The fourth-order valence-electron chi connectivity index (χ4n) is 2.07. The van der Waals surface area contributed by atoms with Crippen molar-refractivity contribution < 1.29 is 9.90 Å². The number of aromatic carboxylic acids is 1. The van der Waals surface area contributed by atoms with Gasteiger partial charge in [-0.3, -0.25) is 0 Å². The number of carboxylic acids is 1. The molecule has 3 aromatic rings. The number of benzene rings is 1. The van der Waals surface area contributed by atoms with Crippen LogP contribution >= 0.6 is 11.3 Å². The van der Waals surface area contributed by atoms with Crippen molar-refractivity contribution in [3.8, 4) is 11.3 Å². The molecular weight excluding hydrogens is 284 g/mol. The quantitative estimate of drug-likeness (QED) is 0.800. The first-order valence-electron chi connectivity index (χ1n) is 6.41. The lowest BCUT2D eigenvalue weighted by molar-refractivity contribution is 0.0689. The lowest BCUT2D eigenvalue weighted by Gasteiger charge is -2.02. The maximum Gasteiger partial charge on any atom is 0.354 e. The van der Waals surface area contributed by atoms with Gasteiger partial charge in [0.05, 0.1) is 10.7 Å². The molecule has 1 N–H and O–H groups in total. The van der Waals surface area contributed by atoms with E-state index in [0.717, 1.165) is 16.3 Å². The van der Waals surface area contributed by atoms with E-state index in [2.05, 4.69) is 9.97 Å². The maximum atomic E-state index is 11.2. The molecule has 1 aromatic carbocycles. The van der Waals surface area contributed by atoms with E-state index in [1.807, 2.05) is 35.7 Å². The molecule has 2 heterocycles. The molecule has 0 fully saturated rings. The Morgan fingerprint density at radius 2 is 1.95 bits per heavy atom. The number of hydrogen-bond donors (Lipinski definition) is 1. The largest absolute Gasteiger partial charge is 0.477 e. The summed E-state index contributed by atoms with van der Waals surface area (Å²) in [6, 6.07) is 13.4. The Morgan fingerprint density at radius 3 is 2.71 bits per heavy atom. The number of nitrogens with zero attached hydrogens (tertiary/aromatic N) is 2. The summed E-state index contributed by atoms with van der Waals surface area (Å²) in [5.41, 5.74) is 2.74. The monoisotopic (exact) mass is 296 g/mol. The Hall–Kier alpha value is -2.53. The highest BCUT2D eigenvalue weighted by molar-refractivity contribution is 7.10. The molecule has 0 unspecified atom stereocenters. The number of carbonyl (C=O) groups is 1. The van der Waals surface area contributed by atoms with Crippen LogP contribution in [0.1, 0.15) is 21.1 Å². The average Bonchev–Trinajstić information content (AvgIpc) is 2.97. The van der Waals surface area contributed by atoms with E-state index in [0.29, 0.717) is 12.0 Å². The van der Waals surface area contributed by atoms with Gasteiger partial charge in [-0.2, -0.15) is 0 Å². The summed E-state index contributed by atoms with van der Waals surface area (Å²) in [7, 11) is 0. The summed E-state index contributed by atoms with van der Waals surface area (Å²) in [5, 5.41) is 12.0. The Morgan fingerprint density at radius 1 is 1.14 bits per heavy atom. The van der Waals surface area contributed by atoms with Crippen LogP contribution in [0, 0.1) is 0 Å². The topological polar surface area (TPSA) is 63.1 Å². The summed E-state index contributed by atoms with van der Waals surface area (Å²) in [6.45, 7) is 0. The van der Waals surface area contributed by atoms with E-state index in [-0.39, 0.29) is 5.69 Å². The first-order chi connectivity index (χ1) is 10.2. The third-order valence-electron chi connectivity index (χ3n) is 3.06. The van der Waals surface area contributed by atoms with Crippen molar-refractivity contribution in [1.29, 1.82) is 0 Å². The highest BCUT2D eigenvalue weighted by Gasteiger charge is 2.13. The zero-order valence-electron chi connectivity index (χ0n) is 11.1. The molecule has 0 atom stereocenters. The van der Waals surface area contributed by atoms with Crippen LogP contribution in [0.4, 0.5) is 0 Å². The fourth-order valence-corrected chi connectivity index (χ4v) is 2.90. The second-order valence-electron chi connectivity index (χ2n) is 4.49. The van der Waals surface area contributed by atoms with Crippen LogP contribution < -0.4 is 0 Å². The molecule has 0 radical (unpaired) electrons. The first-order valence-corrected chi connectivity index (χ1v) is 7.29. The fraction of sp³-hybridized carbons (Fsp3) is 0.0625. The molecule has 3 rings (SSSR count). The molecule has 4 nitrogen and oxygen atoms in total. The van der Waals surface area contributed by atoms with Crippen LogP contribution in [0.2, 0.25) is 0 Å². The first kappa shape index (κ1) is 13.5. The molecule has 2 aromatic heterocycles. The molecule has 0 spiro atoms. The van der Waals surface area contributed by atoms with Gasteiger partial charge in [0.2, 0.25) is 0 Å². The summed E-state index contributed by atoms with van der Waals surface area (Å²) in [4.78, 5) is 19.6. The van der Waals surface area contributed by atoms with Gasteiger partial charge in [0, 0.05) is 23.6 Å². The summed E-state index contributed by atoms with van der Waals surface area (Å²) >= 11 is 1.53. The predicted octanol–water partition coefficient (Wildman–Crippen LogP) is 3.49. The van der Waals surface area contributed by atoms with E-state index in [1.54, 1.807) is 12.1 Å². The molecule has 0 saturated carbocycles. The van der Waals surface area contributed by atoms with Gasteiger partial charge in [-0.05, 0) is 11.6 Å². The van der Waals surface area contributed by atoms with Gasteiger partial charge in [0.1, 0.15) is 0 Å². The van der Waals surface area contributed by atoms with Crippen LogP contribution in [-0.4, -0.2) is 21.0 Å². The minimum atomic E-state index is -1.01. The minimum absolute atomic E-state index is 0.0916. The van der Waals surface area contributed by atoms with Crippen molar-refractivity contribution in [2.75, 3.05) is 0 Å². The van der Waals surface area contributed by atoms with Gasteiger partial charge in [-0.1, -0.05) is 36.4 Å². The van der Waals surface area contributed by atoms with Crippen LogP contribution in [0.15, 0.2) is 54.0 Å². The molecule has 0 aliphatic carbocycles. The average molecular weight is 296 g/mol. The molecule has 0 aliphatic rings. The number of aromatic nitrogens is 2. The number of pyridine rings is 1. The lowest BCUT2D eigenvalue weighted by atomic mass is 10.1. The second kappa shape index (κ2) is 5.85. The standard InChI is InChI=1S/C16H12N2O2S/c19-16(20)15-12(7-4-8-17-15)9-14-18-13(10-21-14)11-5-2-1-3-6-11/h1-8,10H,9H2,(H,19,20). The van der Waals surface area contributed by atoms with Crippen molar-refractivity contribution in [3.05, 3.63) is 70.3 Å². The normalized spacial score (nSPS) is 10.5. The van der Waals surface area contributed by atoms with Crippen LogP contribution in [0.25, 0.3) is 11.3 Å². The van der Waals surface area contributed by atoms with Gasteiger partial charge < -0.3 is 5.11 Å². The van der Waals surface area contributed by atoms with Gasteiger partial charge in [-0.15, -0.1) is 11.3 Å². The van der Waals surface area contributed by atoms with Crippen LogP contribution in [-0.2, 0) is 6.42 Å². The smallest absolute Gasteiger partial charge is 0.354 e. The van der Waals surface area contributed by atoms with Crippen molar-refractivity contribution in [3.63, 3.8) is 0 Å². The molecule has 0 bridgehead atoms. The number of hydrogen-bond acceptors (Lipinski definition) is 4. The number of carboxylic acid groups (broad SMARTS) is 1. The Balaban J connectivity index is 1.87. The predicted molar refractivity (Wildman–Crippen MR) is 81.6 cm³/mol. The summed E-state index contributed by atoms with van der Waals surface area (Å²) in [6.07, 6.45) is 1.97. The molecule has 0 saturated heterocycles. The van der Waals surface area contributed by atoms with Crippen molar-refractivity contribution in [1.82, 2.24) is 9.97 Å². The van der Waals surface area contributed by atoms with Crippen molar-refractivity contribution >= 4 is 17.3 Å². The summed E-state index contributed by atoms with van der Waals surface area (Å²) < 4.78 is 0. The van der Waals surface area contributed by atoms with Crippen LogP contribution in [0.5, 0.6) is 0 Å². The zero-order valence-corrected chi connectivity index (χ0v) is 11.9. The SMILES string of the molecule is O=C(O)c1ncccc1Cc1nc(-c2ccccc2)cs1. The van der Waals surface area contributed by atoms with E-state index >= 15 is 0 Å². The highest BCUT2D eigenvalue weighted by atomic mass is 32.1. The maximum absolute atomic E-state index is 11.2. The third kappa shape index (κ3) is 2.98. The zero-order chi connectivity index (χ0) is 14.7. The number of rotatable bonds is 4. The number of thiazole rings is 1. The molecule has 104 valence electrons. The van der Waals surface area contributed by atoms with Crippen molar-refractivity contribution in [2.24, 2.45) is 0 Å². The molecule has 21 heavy (non-hydrogen) atoms. The second-order valence-corrected chi connectivity index (χ2v) is 5.43. The molecule has 0 aliphatic heterocycles. The van der Waals surface area contributed by atoms with Gasteiger partial charge in [0.15, 0.2) is 5.69 Å². The van der Waals surface area contributed by atoms with E-state index < -0.39 is 5.97 Å². The van der Waals surface area contributed by atoms with Gasteiger partial charge in [-0.25, -0.2) is 14.8 Å². The van der Waals surface area contributed by atoms with Crippen LogP contribution in [0.3, 0.4) is 0 Å². The molecule has 0 amide bonds. The van der Waals surface area contributed by atoms with E-state index in [1.165, 1.54) is 17.5 Å². The molecular formula is C16H12N2O2S. The Labute approximate surface area is 125 Å². The van der Waals surface area contributed by atoms with E-state index in [9.17, 15) is 4.79 Å². The minimum Gasteiger partial charge on any atom is -0.477 e. The lowest BCUT2D eigenvalue weighted by Crippen LogP contribution is -2.05. The summed E-state index contributed by atoms with van der Waals surface area (Å²) in [5.74, 6) is -1.01. The molecule has 5 heteroatoms.